The summed E-state index contributed by atoms with van der Waals surface area (Å²) in [5.41, 5.74) is 13.1. The molecule has 5 heterocycles. The monoisotopic (exact) mass is 1310 g/mol. The molecule has 91 heavy (non-hydrogen) atoms. The van der Waals surface area contributed by atoms with Gasteiger partial charge in [0.25, 0.3) is 5.97 Å². The molecule has 3 aliphatic rings. The average molecular weight is 1320 g/mol. The number of nitrogens with zero attached hydrogens (tertiary/aromatic N) is 9. The summed E-state index contributed by atoms with van der Waals surface area (Å²) in [4.78, 5) is 59.2. The predicted octanol–water partition coefficient (Wildman–Crippen LogP) is 11.3. The number of aliphatic carboxylic acids is 1. The van der Waals surface area contributed by atoms with Crippen molar-refractivity contribution in [3.8, 4) is 0 Å². The Kier molecular flexibility index (Phi) is 33.7. The topological polar surface area (TPSA) is 273 Å². The summed E-state index contributed by atoms with van der Waals surface area (Å²) < 4.78 is 24.7. The van der Waals surface area contributed by atoms with Gasteiger partial charge < -0.3 is 40.0 Å². The molecule has 1 unspecified atom stereocenters. The van der Waals surface area contributed by atoms with Crippen molar-refractivity contribution in [2.45, 2.75) is 137 Å². The van der Waals surface area contributed by atoms with Crippen LogP contribution in [0.15, 0.2) is 133 Å². The molecule has 7 aromatic rings. The highest BCUT2D eigenvalue weighted by Gasteiger charge is 2.36. The molecule has 3 saturated heterocycles. The molecule has 2 aromatic heterocycles. The highest BCUT2D eigenvalue weighted by Crippen LogP contribution is 2.32. The predicted molar refractivity (Wildman–Crippen MR) is 355 cm³/mol. The lowest BCUT2D eigenvalue weighted by Gasteiger charge is -2.26. The highest BCUT2D eigenvalue weighted by atomic mass is 35.5. The highest BCUT2D eigenvalue weighted by molar-refractivity contribution is 6.31. The van der Waals surface area contributed by atoms with E-state index in [9.17, 15) is 14.4 Å². The minimum Gasteiger partial charge on any atom is -0.481 e. The largest absolute Gasteiger partial charge is 0.481 e. The smallest absolute Gasteiger partial charge is 0.410 e. The van der Waals surface area contributed by atoms with Crippen molar-refractivity contribution in [3.63, 3.8) is 0 Å². The van der Waals surface area contributed by atoms with E-state index in [-0.39, 0.29) is 45.1 Å². The van der Waals surface area contributed by atoms with Crippen molar-refractivity contribution in [1.82, 2.24) is 55.0 Å². The van der Waals surface area contributed by atoms with Crippen molar-refractivity contribution in [3.05, 3.63) is 200 Å². The number of hydrogen-bond donors (Lipinski definition) is 5. The van der Waals surface area contributed by atoms with Crippen LogP contribution in [0.3, 0.4) is 0 Å². The number of hydrogen-bond acceptors (Lipinski definition) is 16. The van der Waals surface area contributed by atoms with Crippen molar-refractivity contribution < 1.29 is 43.2 Å². The van der Waals surface area contributed by atoms with Gasteiger partial charge in [0.15, 0.2) is 6.29 Å². The summed E-state index contributed by atoms with van der Waals surface area (Å²) in [6.45, 7) is 11.7. The molecule has 3 fully saturated rings. The third-order valence-electron chi connectivity index (χ3n) is 14.4. The second kappa shape index (κ2) is 40.4. The maximum Gasteiger partial charge on any atom is 0.410 e. The van der Waals surface area contributed by atoms with Gasteiger partial charge in [0.05, 0.1) is 31.2 Å². The van der Waals surface area contributed by atoms with Crippen LogP contribution in [0.2, 0.25) is 15.1 Å². The number of amides is 3. The number of likely N-dealkylation sites (tertiary alicyclic amines) is 2. The van der Waals surface area contributed by atoms with Crippen LogP contribution in [-0.2, 0) is 61.4 Å². The van der Waals surface area contributed by atoms with Crippen LogP contribution >= 0.6 is 34.8 Å². The van der Waals surface area contributed by atoms with Crippen LogP contribution in [0.5, 0.6) is 0 Å². The molecular weight excluding hydrogens is 1230 g/mol. The van der Waals surface area contributed by atoms with E-state index in [0.29, 0.717) is 49.5 Å². The average Bonchev–Trinajstić information content (AvgIpc) is 1.72. The molecule has 25 heteroatoms. The number of rotatable bonds is 17. The summed E-state index contributed by atoms with van der Waals surface area (Å²) in [5.74, 6) is 7.18. The maximum absolute atomic E-state index is 12.7. The van der Waals surface area contributed by atoms with E-state index in [1.54, 1.807) is 19.1 Å². The van der Waals surface area contributed by atoms with Gasteiger partial charge >= 0.3 is 12.2 Å². The minimum absolute atomic E-state index is 0. The standard InChI is InChI=1S/C22H23ClN4O2.C14H17ClN4.C13H16N2O3.C7H9ClN2.C7H17NO2.C2H4O2.CH4/c1-16-24-21(27(25-16)14-17-9-11-19(23)12-10-17)20-8-5-13-26(20)22(28)29-15-18-6-3-2-4-7-18;1-10-17-14(13-3-2-8-16-13)19(18-10)9-11-4-6-12(15)7-5-11;14-12(16)11-7-4-8-15(11)13(17)18-9-10-5-2-1-3-6-10;8-7-3-1-6(2-4-7)5-10-9;1-6(8(2)3)7(9-4)10-5;1-2(3)4;/h2-4,6-7,9-12,20H,5,8,13-15H2,1H3;4-7,13,16H,2-3,8-9H2,1H3;1-3,5-6,11H,4,7-9H2,(H2,14,16);1-4,10H,5,9H2;6-7H,1-5H3;1H3,(H,3,4);1H4/t20-;13-;11-;;;;/m111..../s1. The Bertz CT molecular complexity index is 3220. The SMILES string of the molecule is C.CC(=O)O.COC(OC)C(C)N(C)C.Cc1nc([C@H]2CCCN2)n(Cc2ccc(Cl)cc2)n1.Cc1nc([C@H]2CCCN2C(=O)OCc2ccccc2)n(Cc2ccc(Cl)cc2)n1.NC(=O)[C@H]1CCCN1C(=O)OCc1ccccc1.NNCc1ccc(Cl)cc1. The zero-order chi connectivity index (χ0) is 65.5. The number of carbonyl (C=O) groups excluding carboxylic acids is 3. The second-order valence-corrected chi connectivity index (χ2v) is 22.8. The molecule has 0 saturated carbocycles. The fourth-order valence-corrected chi connectivity index (χ4v) is 10.1. The first-order valence-electron chi connectivity index (χ1n) is 29.6. The Balaban J connectivity index is 0.000000251. The van der Waals surface area contributed by atoms with E-state index in [1.165, 1.54) is 16.9 Å². The maximum atomic E-state index is 12.7. The number of nitrogens with one attached hydrogen (secondary N) is 2. The van der Waals surface area contributed by atoms with Crippen LogP contribution in [0.4, 0.5) is 9.59 Å². The van der Waals surface area contributed by atoms with Crippen LogP contribution in [0, 0.1) is 13.8 Å². The van der Waals surface area contributed by atoms with Crippen LogP contribution < -0.4 is 22.3 Å². The molecule has 494 valence electrons. The van der Waals surface area contributed by atoms with Gasteiger partial charge in [0, 0.05) is 55.8 Å². The molecule has 22 nitrogen and oxygen atoms in total. The lowest BCUT2D eigenvalue weighted by molar-refractivity contribution is -0.136. The van der Waals surface area contributed by atoms with E-state index in [0.717, 1.165) is 95.5 Å². The first-order valence-corrected chi connectivity index (χ1v) is 30.7. The fraction of sp³-hybridized carbons (Fsp3) is 0.424. The molecule has 10 rings (SSSR count). The number of likely N-dealkylation sites (N-methyl/N-ethyl adjacent to an activating group) is 1. The number of aromatic nitrogens is 6. The van der Waals surface area contributed by atoms with Gasteiger partial charge in [-0.25, -0.2) is 28.9 Å². The third-order valence-corrected chi connectivity index (χ3v) is 15.1. The fourth-order valence-electron chi connectivity index (χ4n) is 9.70. The Morgan fingerprint density at radius 3 is 1.49 bits per heavy atom. The first kappa shape index (κ1) is 75.9. The summed E-state index contributed by atoms with van der Waals surface area (Å²) in [6, 6.07) is 42.2. The molecule has 3 aliphatic heterocycles. The molecule has 4 atom stereocenters. The lowest BCUT2D eigenvalue weighted by atomic mass is 10.2. The number of primary amides is 1. The Morgan fingerprint density at radius 2 is 1.08 bits per heavy atom. The number of aryl methyl sites for hydroxylation is 2. The number of halogens is 3. The quantitative estimate of drug-likeness (QED) is 0.0322. The number of carboxylic acid groups (broad SMARTS) is 1. The Morgan fingerprint density at radius 1 is 0.648 bits per heavy atom. The van der Waals surface area contributed by atoms with Crippen molar-refractivity contribution in [2.24, 2.45) is 11.6 Å². The van der Waals surface area contributed by atoms with Crippen LogP contribution in [0.25, 0.3) is 0 Å². The van der Waals surface area contributed by atoms with E-state index >= 15 is 0 Å². The van der Waals surface area contributed by atoms with E-state index in [4.69, 9.17) is 75.2 Å². The van der Waals surface area contributed by atoms with Gasteiger partial charge in [-0.1, -0.05) is 139 Å². The van der Waals surface area contributed by atoms with Crippen LogP contribution in [-0.4, -0.2) is 140 Å². The number of carboxylic acids is 1. The summed E-state index contributed by atoms with van der Waals surface area (Å²) in [7, 11) is 7.29. The molecule has 5 aromatic carbocycles. The molecule has 3 amide bonds. The number of nitrogens with two attached hydrogens (primary N) is 2. The Hall–Kier alpha value is -7.51. The van der Waals surface area contributed by atoms with Crippen LogP contribution in [0.1, 0.15) is 123 Å². The third kappa shape index (κ3) is 26.3. The molecule has 0 radical (unpaired) electrons. The van der Waals surface area contributed by atoms with Crippen molar-refractivity contribution in [2.75, 3.05) is 47.9 Å². The molecule has 0 spiro atoms. The number of methoxy groups -OCH3 is 2. The normalized spacial score (nSPS) is 15.8. The van der Waals surface area contributed by atoms with Crippen molar-refractivity contribution in [1.29, 1.82) is 0 Å². The van der Waals surface area contributed by atoms with E-state index < -0.39 is 24.0 Å². The van der Waals surface area contributed by atoms with Crippen molar-refractivity contribution >= 4 is 58.9 Å². The first-order chi connectivity index (χ1) is 43.2. The minimum atomic E-state index is -0.833. The molecule has 7 N–H and O–H groups in total. The molecule has 0 aliphatic carbocycles. The van der Waals surface area contributed by atoms with E-state index in [2.05, 4.69) is 42.7 Å². The van der Waals surface area contributed by atoms with Gasteiger partial charge in [-0.05, 0) is 144 Å². The second-order valence-electron chi connectivity index (χ2n) is 21.5. The zero-order valence-electron chi connectivity index (χ0n) is 52.5. The summed E-state index contributed by atoms with van der Waals surface area (Å²) >= 11 is 17.6. The summed E-state index contributed by atoms with van der Waals surface area (Å²) in [5, 5.41) is 22.2. The zero-order valence-corrected chi connectivity index (χ0v) is 54.8. The van der Waals surface area contributed by atoms with Gasteiger partial charge in [0.1, 0.15) is 42.6 Å². The molecular formula is C66H90Cl3N13O9. The number of hydrazine groups is 1. The number of benzene rings is 5. The van der Waals surface area contributed by atoms with Gasteiger partial charge in [-0.15, -0.1) is 0 Å². The van der Waals surface area contributed by atoms with Gasteiger partial charge in [-0.2, -0.15) is 10.2 Å². The number of carbonyl (C=O) groups is 4. The summed E-state index contributed by atoms with van der Waals surface area (Å²) in [6.07, 6.45) is 4.60. The van der Waals surface area contributed by atoms with Gasteiger partial charge in [-0.3, -0.25) is 30.7 Å². The Labute approximate surface area is 550 Å². The number of ether oxygens (including phenoxy) is 4. The lowest BCUT2D eigenvalue weighted by Crippen LogP contribution is -2.43. The van der Waals surface area contributed by atoms with E-state index in [1.807, 2.05) is 171 Å². The van der Waals surface area contributed by atoms with Gasteiger partial charge in [0.2, 0.25) is 5.91 Å². The molecule has 0 bridgehead atoms.